The number of benzene rings is 2. The average Bonchev–Trinajstić information content (AvgIpc) is 3.35. The zero-order valence-corrected chi connectivity index (χ0v) is 18.1. The Morgan fingerprint density at radius 1 is 0.969 bits per heavy atom. The number of nitrogen functional groups attached to an aromatic ring is 1. The molecular weight excluding hydrogens is 424 g/mol. The molecule has 0 atom stereocenters. The number of aromatic nitrogens is 2. The van der Waals surface area contributed by atoms with E-state index in [4.69, 9.17) is 10.7 Å². The molecule has 3 N–H and O–H groups in total. The molecule has 0 radical (unpaired) electrons. The van der Waals surface area contributed by atoms with Gasteiger partial charge in [0.05, 0.1) is 22.5 Å². The summed E-state index contributed by atoms with van der Waals surface area (Å²) in [6.45, 7) is 4.10. The number of carbonyl (C=O) groups is 2. The Labute approximate surface area is 187 Å². The topological polar surface area (TPSA) is 107 Å². The van der Waals surface area contributed by atoms with Crippen LogP contribution < -0.4 is 16.6 Å². The van der Waals surface area contributed by atoms with Gasteiger partial charge in [0.15, 0.2) is 0 Å². The number of aryl methyl sites for hydroxylation is 2. The summed E-state index contributed by atoms with van der Waals surface area (Å²) < 4.78 is 1.24. The molecule has 3 heterocycles. The second kappa shape index (κ2) is 7.28. The molecule has 1 aliphatic rings. The van der Waals surface area contributed by atoms with Crippen LogP contribution in [0.3, 0.4) is 0 Å². The van der Waals surface area contributed by atoms with Crippen molar-refractivity contribution in [3.63, 3.8) is 0 Å². The zero-order valence-electron chi connectivity index (χ0n) is 17.3. The summed E-state index contributed by atoms with van der Waals surface area (Å²) >= 11 is 1.51. The van der Waals surface area contributed by atoms with Crippen molar-refractivity contribution in [1.82, 2.24) is 14.9 Å². The van der Waals surface area contributed by atoms with E-state index >= 15 is 0 Å². The van der Waals surface area contributed by atoms with Crippen LogP contribution >= 0.6 is 11.3 Å². The Balaban J connectivity index is 1.59. The van der Waals surface area contributed by atoms with Crippen molar-refractivity contribution in [3.05, 3.63) is 86.5 Å². The van der Waals surface area contributed by atoms with Gasteiger partial charge in [-0.1, -0.05) is 29.8 Å². The van der Waals surface area contributed by atoms with Gasteiger partial charge < -0.3 is 5.73 Å². The molecule has 7 nitrogen and oxygen atoms in total. The van der Waals surface area contributed by atoms with Crippen molar-refractivity contribution >= 4 is 29.0 Å². The minimum Gasteiger partial charge on any atom is -0.384 e. The number of hydrogen-bond donors (Lipinski definition) is 2. The highest BCUT2D eigenvalue weighted by Gasteiger charge is 2.31. The molecule has 8 heteroatoms. The molecule has 2 aromatic heterocycles. The van der Waals surface area contributed by atoms with Gasteiger partial charge in [0.25, 0.3) is 17.4 Å². The van der Waals surface area contributed by atoms with E-state index in [1.165, 1.54) is 15.9 Å². The minimum atomic E-state index is -0.614. The molecule has 158 valence electrons. The molecule has 4 aromatic rings. The fraction of sp³-hybridized carbons (Fsp3) is 0.0833. The molecule has 2 aromatic carbocycles. The van der Waals surface area contributed by atoms with Gasteiger partial charge in [0.2, 0.25) is 0 Å². The Hall–Kier alpha value is -4.04. The molecule has 32 heavy (non-hydrogen) atoms. The standard InChI is InChI=1S/C24H18N4O3S/c1-12-6-7-13(2)16(8-12)18-11-32-24(26-18)14-4-3-5-15(9-14)28-19(29)10-17-20(21(28)25)23(31)27-22(17)30/h3-11H,25H2,1-2H3,(H,27,30,31). The van der Waals surface area contributed by atoms with Gasteiger partial charge in [0.1, 0.15) is 10.8 Å². The third-order valence-corrected chi connectivity index (χ3v) is 6.37. The fourth-order valence-electron chi connectivity index (χ4n) is 3.87. The number of fused-ring (bicyclic) bond motifs is 1. The van der Waals surface area contributed by atoms with Crippen molar-refractivity contribution in [3.8, 4) is 27.5 Å². The maximum atomic E-state index is 12.7. The molecule has 2 amide bonds. The van der Waals surface area contributed by atoms with Crippen molar-refractivity contribution in [1.29, 1.82) is 0 Å². The number of thiazole rings is 1. The van der Waals surface area contributed by atoms with Gasteiger partial charge in [-0.3, -0.25) is 24.3 Å². The number of nitrogens with one attached hydrogen (secondary N) is 1. The van der Waals surface area contributed by atoms with Crippen LogP contribution in [0.5, 0.6) is 0 Å². The van der Waals surface area contributed by atoms with Gasteiger partial charge >= 0.3 is 0 Å². The molecule has 0 fully saturated rings. The normalized spacial score (nSPS) is 12.7. The maximum absolute atomic E-state index is 12.7. The van der Waals surface area contributed by atoms with Gasteiger partial charge in [0, 0.05) is 22.6 Å². The molecular formula is C24H18N4O3S. The number of amides is 2. The largest absolute Gasteiger partial charge is 0.384 e. The van der Waals surface area contributed by atoms with Crippen LogP contribution in [-0.2, 0) is 0 Å². The van der Waals surface area contributed by atoms with Crippen LogP contribution in [0.15, 0.2) is 58.7 Å². The van der Waals surface area contributed by atoms with Gasteiger partial charge in [-0.2, -0.15) is 0 Å². The van der Waals surface area contributed by atoms with E-state index in [2.05, 4.69) is 30.4 Å². The molecule has 0 saturated heterocycles. The predicted octanol–water partition coefficient (Wildman–Crippen LogP) is 3.71. The molecule has 0 aliphatic carbocycles. The smallest absolute Gasteiger partial charge is 0.262 e. The Morgan fingerprint density at radius 3 is 2.59 bits per heavy atom. The molecule has 0 bridgehead atoms. The molecule has 5 rings (SSSR count). The van der Waals surface area contributed by atoms with Crippen molar-refractivity contribution < 1.29 is 9.59 Å². The summed E-state index contributed by atoms with van der Waals surface area (Å²) in [4.78, 5) is 41.6. The molecule has 0 spiro atoms. The summed E-state index contributed by atoms with van der Waals surface area (Å²) in [6.07, 6.45) is 0. The van der Waals surface area contributed by atoms with E-state index in [9.17, 15) is 14.4 Å². The van der Waals surface area contributed by atoms with E-state index in [1.54, 1.807) is 18.2 Å². The van der Waals surface area contributed by atoms with Crippen LogP contribution in [-0.4, -0.2) is 21.4 Å². The van der Waals surface area contributed by atoms with E-state index < -0.39 is 17.4 Å². The lowest BCUT2D eigenvalue weighted by atomic mass is 10.0. The number of rotatable bonds is 3. The number of nitrogens with zero attached hydrogens (tertiary/aromatic N) is 2. The highest BCUT2D eigenvalue weighted by atomic mass is 32.1. The zero-order chi connectivity index (χ0) is 22.6. The molecule has 0 saturated carbocycles. The molecule has 0 unspecified atom stereocenters. The third-order valence-electron chi connectivity index (χ3n) is 5.48. The van der Waals surface area contributed by atoms with Crippen LogP contribution in [0, 0.1) is 13.8 Å². The lowest BCUT2D eigenvalue weighted by Crippen LogP contribution is -2.24. The quantitative estimate of drug-likeness (QED) is 0.471. The van der Waals surface area contributed by atoms with Crippen molar-refractivity contribution in [2.24, 2.45) is 0 Å². The van der Waals surface area contributed by atoms with Gasteiger partial charge in [-0.25, -0.2) is 4.98 Å². The summed E-state index contributed by atoms with van der Waals surface area (Å²) in [5.41, 5.74) is 11.3. The highest BCUT2D eigenvalue weighted by molar-refractivity contribution is 7.13. The van der Waals surface area contributed by atoms with Crippen molar-refractivity contribution in [2.45, 2.75) is 13.8 Å². The first kappa shape index (κ1) is 19.9. The highest BCUT2D eigenvalue weighted by Crippen LogP contribution is 2.32. The summed E-state index contributed by atoms with van der Waals surface area (Å²) in [6, 6.07) is 14.6. The van der Waals surface area contributed by atoms with Crippen LogP contribution in [0.25, 0.3) is 27.5 Å². The number of hydrogen-bond acceptors (Lipinski definition) is 6. The summed E-state index contributed by atoms with van der Waals surface area (Å²) in [5.74, 6) is -1.29. The first-order valence-electron chi connectivity index (χ1n) is 9.88. The van der Waals surface area contributed by atoms with E-state index in [0.717, 1.165) is 39.0 Å². The number of carbonyl (C=O) groups excluding carboxylic acids is 2. The summed E-state index contributed by atoms with van der Waals surface area (Å²) in [5, 5.41) is 4.98. The first-order chi connectivity index (χ1) is 15.3. The van der Waals surface area contributed by atoms with Gasteiger partial charge in [-0.05, 0) is 37.6 Å². The Kier molecular flexibility index (Phi) is 4.53. The second-order valence-corrected chi connectivity index (χ2v) is 8.54. The molecule has 1 aliphatic heterocycles. The average molecular weight is 443 g/mol. The van der Waals surface area contributed by atoms with Crippen LogP contribution in [0.2, 0.25) is 0 Å². The first-order valence-corrected chi connectivity index (χ1v) is 10.8. The lowest BCUT2D eigenvalue weighted by Gasteiger charge is -2.12. The lowest BCUT2D eigenvalue weighted by molar-refractivity contribution is 0.0880. The third kappa shape index (κ3) is 3.12. The van der Waals surface area contributed by atoms with Crippen LogP contribution in [0.4, 0.5) is 5.82 Å². The number of nitrogens with two attached hydrogens (primary N) is 1. The minimum absolute atomic E-state index is 0.00277. The van der Waals surface area contributed by atoms with Crippen molar-refractivity contribution in [2.75, 3.05) is 5.73 Å². The van der Waals surface area contributed by atoms with Gasteiger partial charge in [-0.15, -0.1) is 11.3 Å². The maximum Gasteiger partial charge on any atom is 0.262 e. The second-order valence-electron chi connectivity index (χ2n) is 7.68. The fourth-order valence-corrected chi connectivity index (χ4v) is 4.68. The van der Waals surface area contributed by atoms with Crippen LogP contribution in [0.1, 0.15) is 31.8 Å². The number of anilines is 1. The summed E-state index contributed by atoms with van der Waals surface area (Å²) in [7, 11) is 0. The Bertz CT molecular complexity index is 1500. The SMILES string of the molecule is Cc1ccc(C)c(-c2csc(-c3cccc(-n4c(N)c5c(cc4=O)C(=O)NC5=O)c3)n2)c1. The Morgan fingerprint density at radius 2 is 1.78 bits per heavy atom. The number of imide groups is 1. The van der Waals surface area contributed by atoms with E-state index in [1.807, 2.05) is 18.4 Å². The van der Waals surface area contributed by atoms with E-state index in [0.29, 0.717) is 5.69 Å². The number of pyridine rings is 1. The predicted molar refractivity (Wildman–Crippen MR) is 124 cm³/mol. The monoisotopic (exact) mass is 442 g/mol. The van der Waals surface area contributed by atoms with E-state index in [-0.39, 0.29) is 16.9 Å².